The topological polar surface area (TPSA) is 55.1 Å². The van der Waals surface area contributed by atoms with E-state index in [1.807, 2.05) is 0 Å². The summed E-state index contributed by atoms with van der Waals surface area (Å²) >= 11 is 1.55. The van der Waals surface area contributed by atoms with Crippen LogP contribution in [0.2, 0.25) is 0 Å². The highest BCUT2D eigenvalue weighted by atomic mass is 32.2. The van der Waals surface area contributed by atoms with E-state index in [2.05, 4.69) is 49.4 Å². The monoisotopic (exact) mass is 330 g/mol. The number of carbonyl (C=O) groups excluding carboxylic acids is 1. The normalized spacial score (nSPS) is 13.9. The van der Waals surface area contributed by atoms with E-state index < -0.39 is 0 Å². The molecule has 0 atom stereocenters. The number of thioether (sulfide) groups is 1. The van der Waals surface area contributed by atoms with Crippen molar-refractivity contribution in [3.05, 3.63) is 41.1 Å². The van der Waals surface area contributed by atoms with Crippen molar-refractivity contribution in [2.75, 3.05) is 11.1 Å². The molecule has 0 spiro atoms. The molecule has 1 heterocycles. The maximum absolute atomic E-state index is 12.1. The average Bonchev–Trinajstić information content (AvgIpc) is 3.12. The van der Waals surface area contributed by atoms with E-state index in [0.29, 0.717) is 11.6 Å². The van der Waals surface area contributed by atoms with Crippen LogP contribution >= 0.6 is 11.8 Å². The smallest absolute Gasteiger partial charge is 0.237 e. The largest absolute Gasteiger partial charge is 0.338 e. The number of amides is 1. The molecule has 0 fully saturated rings. The van der Waals surface area contributed by atoms with Gasteiger partial charge in [0.05, 0.1) is 11.4 Å². The average molecular weight is 330 g/mol. The molecule has 0 saturated carbocycles. The Balaban J connectivity index is 1.54. The molecule has 4 nitrogen and oxygen atoms in total. The highest BCUT2D eigenvalue weighted by molar-refractivity contribution is 8.00. The van der Waals surface area contributed by atoms with E-state index >= 15 is 0 Å². The minimum absolute atomic E-state index is 0.0768. The lowest BCUT2D eigenvalue weighted by Gasteiger charge is -2.12. The third-order valence-electron chi connectivity index (χ3n) is 3.98. The fourth-order valence-corrected chi connectivity index (χ4v) is 3.41. The minimum Gasteiger partial charge on any atom is -0.338 e. The third kappa shape index (κ3) is 3.96. The van der Waals surface area contributed by atoms with Crippen LogP contribution in [0.15, 0.2) is 33.7 Å². The van der Waals surface area contributed by atoms with Crippen molar-refractivity contribution in [3.63, 3.8) is 0 Å². The lowest BCUT2D eigenvalue weighted by Crippen LogP contribution is -2.14. The van der Waals surface area contributed by atoms with Crippen LogP contribution in [0.1, 0.15) is 44.0 Å². The van der Waals surface area contributed by atoms with Gasteiger partial charge in [-0.2, -0.15) is 0 Å². The predicted octanol–water partition coefficient (Wildman–Crippen LogP) is 4.19. The molecule has 2 aromatic rings. The maximum atomic E-state index is 12.1. The van der Waals surface area contributed by atoms with Crippen LogP contribution < -0.4 is 5.32 Å². The number of benzene rings is 1. The van der Waals surface area contributed by atoms with Gasteiger partial charge in [0, 0.05) is 16.4 Å². The number of aromatic nitrogens is 1. The van der Waals surface area contributed by atoms with Crippen molar-refractivity contribution in [1.82, 2.24) is 5.16 Å². The Labute approximate surface area is 141 Å². The van der Waals surface area contributed by atoms with Gasteiger partial charge in [0.25, 0.3) is 0 Å². The van der Waals surface area contributed by atoms with Gasteiger partial charge >= 0.3 is 0 Å². The first-order valence-corrected chi connectivity index (χ1v) is 8.92. The molecule has 0 saturated heterocycles. The van der Waals surface area contributed by atoms with E-state index in [1.54, 1.807) is 17.8 Å². The fourth-order valence-electron chi connectivity index (χ4n) is 2.65. The lowest BCUT2D eigenvalue weighted by atomic mass is 9.92. The number of hydrogen-bond donors (Lipinski definition) is 1. The van der Waals surface area contributed by atoms with Crippen LogP contribution in [0.5, 0.6) is 0 Å². The molecule has 1 aromatic heterocycles. The molecule has 0 bridgehead atoms. The van der Waals surface area contributed by atoms with Crippen molar-refractivity contribution in [2.24, 2.45) is 0 Å². The first kappa shape index (κ1) is 16.1. The van der Waals surface area contributed by atoms with E-state index in [0.717, 1.165) is 17.0 Å². The van der Waals surface area contributed by atoms with Crippen LogP contribution in [0, 0.1) is 0 Å². The summed E-state index contributed by atoms with van der Waals surface area (Å²) in [6.45, 7) is 6.17. The zero-order chi connectivity index (χ0) is 16.4. The SMILES string of the molecule is CC(C)(C)c1cc(NC(=O)CSc2ccc3c(c2)CCC3)on1. The van der Waals surface area contributed by atoms with Crippen LogP contribution in [0.4, 0.5) is 5.88 Å². The summed E-state index contributed by atoms with van der Waals surface area (Å²) in [5.74, 6) is 0.700. The molecule has 23 heavy (non-hydrogen) atoms. The number of rotatable bonds is 4. The highest BCUT2D eigenvalue weighted by Gasteiger charge is 2.19. The van der Waals surface area contributed by atoms with Crippen molar-refractivity contribution < 1.29 is 9.32 Å². The molecule has 1 aliphatic rings. The van der Waals surface area contributed by atoms with Gasteiger partial charge in [0.15, 0.2) is 0 Å². The number of carbonyl (C=O) groups is 1. The van der Waals surface area contributed by atoms with Crippen molar-refractivity contribution in [3.8, 4) is 0 Å². The van der Waals surface area contributed by atoms with Gasteiger partial charge in [-0.3, -0.25) is 10.1 Å². The molecular weight excluding hydrogens is 308 g/mol. The zero-order valence-electron chi connectivity index (χ0n) is 13.8. The van der Waals surface area contributed by atoms with Crippen molar-refractivity contribution in [2.45, 2.75) is 50.3 Å². The van der Waals surface area contributed by atoms with Crippen LogP contribution in [0.3, 0.4) is 0 Å². The minimum atomic E-state index is -0.0916. The Bertz CT molecular complexity index is 716. The molecule has 1 aliphatic carbocycles. The number of fused-ring (bicyclic) bond motifs is 1. The van der Waals surface area contributed by atoms with Gasteiger partial charge < -0.3 is 4.52 Å². The lowest BCUT2D eigenvalue weighted by molar-refractivity contribution is -0.113. The number of hydrogen-bond acceptors (Lipinski definition) is 4. The van der Waals surface area contributed by atoms with Crippen molar-refractivity contribution >= 4 is 23.6 Å². The molecule has 1 N–H and O–H groups in total. The molecule has 1 aromatic carbocycles. The molecule has 3 rings (SSSR count). The molecule has 0 radical (unpaired) electrons. The summed E-state index contributed by atoms with van der Waals surface area (Å²) in [6, 6.07) is 8.30. The highest BCUT2D eigenvalue weighted by Crippen LogP contribution is 2.28. The Morgan fingerprint density at radius 3 is 2.78 bits per heavy atom. The molecule has 5 heteroatoms. The summed E-state index contributed by atoms with van der Waals surface area (Å²) in [5, 5.41) is 6.77. The number of anilines is 1. The molecule has 122 valence electrons. The quantitative estimate of drug-likeness (QED) is 0.854. The second-order valence-electron chi connectivity index (χ2n) is 6.95. The predicted molar refractivity (Wildman–Crippen MR) is 93.0 cm³/mol. The van der Waals surface area contributed by atoms with Crippen LogP contribution in [-0.2, 0) is 23.1 Å². The van der Waals surface area contributed by atoms with Gasteiger partial charge in [0.1, 0.15) is 0 Å². The van der Waals surface area contributed by atoms with Crippen molar-refractivity contribution in [1.29, 1.82) is 0 Å². The third-order valence-corrected chi connectivity index (χ3v) is 4.97. The van der Waals surface area contributed by atoms with Gasteiger partial charge in [-0.25, -0.2) is 0 Å². The summed E-state index contributed by atoms with van der Waals surface area (Å²) in [5.41, 5.74) is 3.63. The number of nitrogens with zero attached hydrogens (tertiary/aromatic N) is 1. The Hall–Kier alpha value is -1.75. The molecule has 1 amide bonds. The van der Waals surface area contributed by atoms with Gasteiger partial charge in [0.2, 0.25) is 11.8 Å². The fraction of sp³-hybridized carbons (Fsp3) is 0.444. The van der Waals surface area contributed by atoms with Crippen LogP contribution in [0.25, 0.3) is 0 Å². The first-order chi connectivity index (χ1) is 10.9. The Kier molecular flexibility index (Phi) is 4.48. The zero-order valence-corrected chi connectivity index (χ0v) is 14.6. The molecule has 0 unspecified atom stereocenters. The van der Waals surface area contributed by atoms with E-state index in [-0.39, 0.29) is 11.3 Å². The Morgan fingerprint density at radius 2 is 2.04 bits per heavy atom. The second kappa shape index (κ2) is 6.40. The first-order valence-electron chi connectivity index (χ1n) is 7.93. The second-order valence-corrected chi connectivity index (χ2v) is 8.00. The van der Waals surface area contributed by atoms with E-state index in [9.17, 15) is 4.79 Å². The summed E-state index contributed by atoms with van der Waals surface area (Å²) in [7, 11) is 0. The van der Waals surface area contributed by atoms with E-state index in [4.69, 9.17) is 4.52 Å². The number of nitrogens with one attached hydrogen (secondary N) is 1. The standard InChI is InChI=1S/C18H22N2O2S/c1-18(2,3)15-10-17(22-20-15)19-16(21)11-23-14-8-7-12-5-4-6-13(12)9-14/h7-10H,4-6,11H2,1-3H3,(H,19,21). The van der Waals surface area contributed by atoms with Crippen LogP contribution in [-0.4, -0.2) is 16.8 Å². The summed E-state index contributed by atoms with van der Waals surface area (Å²) in [4.78, 5) is 13.2. The van der Waals surface area contributed by atoms with Gasteiger partial charge in [-0.1, -0.05) is 32.0 Å². The summed E-state index contributed by atoms with van der Waals surface area (Å²) in [6.07, 6.45) is 3.58. The molecular formula is C18H22N2O2S. The van der Waals surface area contributed by atoms with Gasteiger partial charge in [-0.05, 0) is 42.5 Å². The summed E-state index contributed by atoms with van der Waals surface area (Å²) < 4.78 is 5.18. The maximum Gasteiger partial charge on any atom is 0.237 e. The van der Waals surface area contributed by atoms with Gasteiger partial charge in [-0.15, -0.1) is 11.8 Å². The van der Waals surface area contributed by atoms with E-state index in [1.165, 1.54) is 24.0 Å². The number of aryl methyl sites for hydroxylation is 2. The molecule has 0 aliphatic heterocycles. The Morgan fingerprint density at radius 1 is 1.26 bits per heavy atom.